The number of rotatable bonds is 6. The van der Waals surface area contributed by atoms with Gasteiger partial charge in [-0.2, -0.15) is 0 Å². The Morgan fingerprint density at radius 1 is 1.18 bits per heavy atom. The number of hydrogen-bond acceptors (Lipinski definition) is 5. The number of hydrogen-bond donors (Lipinski definition) is 2. The van der Waals surface area contributed by atoms with Crippen LogP contribution in [-0.2, 0) is 11.2 Å². The van der Waals surface area contributed by atoms with Crippen LogP contribution >= 0.6 is 0 Å². The number of carbonyl (C=O) groups is 2. The molecule has 2 aromatic carbocycles. The van der Waals surface area contributed by atoms with Gasteiger partial charge < -0.3 is 19.7 Å². The van der Waals surface area contributed by atoms with E-state index in [9.17, 15) is 14.7 Å². The number of carbonyl (C=O) groups excluding carboxylic acids is 2. The van der Waals surface area contributed by atoms with Crippen LogP contribution in [0.15, 0.2) is 42.5 Å². The van der Waals surface area contributed by atoms with Gasteiger partial charge in [-0.25, -0.2) is 4.79 Å². The number of aromatic nitrogens is 1. The number of urea groups is 1. The third-order valence-electron chi connectivity index (χ3n) is 6.47. The molecule has 0 spiro atoms. The van der Waals surface area contributed by atoms with Crippen molar-refractivity contribution >= 4 is 22.8 Å². The Morgan fingerprint density at radius 3 is 2.73 bits per heavy atom. The number of benzene rings is 2. The van der Waals surface area contributed by atoms with Gasteiger partial charge in [0.05, 0.1) is 6.61 Å². The fourth-order valence-corrected chi connectivity index (χ4v) is 4.96. The van der Waals surface area contributed by atoms with E-state index in [2.05, 4.69) is 4.98 Å². The maximum absolute atomic E-state index is 13.5. The van der Waals surface area contributed by atoms with Gasteiger partial charge in [0.2, 0.25) is 0 Å². The van der Waals surface area contributed by atoms with Crippen LogP contribution in [0.3, 0.4) is 0 Å². The summed E-state index contributed by atoms with van der Waals surface area (Å²) in [5, 5.41) is 11.2. The quantitative estimate of drug-likeness (QED) is 0.566. The van der Waals surface area contributed by atoms with Gasteiger partial charge in [0.15, 0.2) is 0 Å². The maximum Gasteiger partial charge on any atom is 0.328 e. The van der Waals surface area contributed by atoms with E-state index in [4.69, 9.17) is 4.74 Å². The first-order chi connectivity index (χ1) is 15.9. The lowest BCUT2D eigenvalue weighted by molar-refractivity contribution is -0.128. The number of amides is 3. The Kier molecular flexibility index (Phi) is 5.25. The van der Waals surface area contributed by atoms with Crippen LogP contribution in [0.1, 0.15) is 29.8 Å². The topological polar surface area (TPSA) is 89.1 Å². The van der Waals surface area contributed by atoms with Crippen LogP contribution in [0.2, 0.25) is 0 Å². The third-order valence-corrected chi connectivity index (χ3v) is 6.47. The van der Waals surface area contributed by atoms with Gasteiger partial charge in [0.1, 0.15) is 23.6 Å². The Bertz CT molecular complexity index is 1230. The van der Waals surface area contributed by atoms with Crippen LogP contribution in [0.25, 0.3) is 10.9 Å². The summed E-state index contributed by atoms with van der Waals surface area (Å²) in [5.74, 6) is 0.714. The molecule has 1 saturated heterocycles. The maximum atomic E-state index is 13.5. The monoisotopic (exact) mass is 448 g/mol. The fourth-order valence-electron chi connectivity index (χ4n) is 4.96. The van der Waals surface area contributed by atoms with Crippen molar-refractivity contribution in [3.63, 3.8) is 0 Å². The van der Waals surface area contributed by atoms with Crippen LogP contribution in [0.5, 0.6) is 11.5 Å². The number of nitrogens with one attached hydrogen (secondary N) is 1. The molecule has 2 aliphatic rings. The summed E-state index contributed by atoms with van der Waals surface area (Å²) in [4.78, 5) is 35.4. The molecule has 33 heavy (non-hydrogen) atoms. The molecule has 1 fully saturated rings. The minimum absolute atomic E-state index is 0.119. The van der Waals surface area contributed by atoms with Crippen molar-refractivity contribution in [3.05, 3.63) is 59.3 Å². The van der Waals surface area contributed by atoms with Gasteiger partial charge in [-0.1, -0.05) is 12.1 Å². The highest BCUT2D eigenvalue weighted by molar-refractivity contribution is 6.05. The summed E-state index contributed by atoms with van der Waals surface area (Å²) in [7, 11) is 3.83. The highest BCUT2D eigenvalue weighted by Gasteiger charge is 2.52. The molecular weight excluding hydrogens is 420 g/mol. The number of aromatic amines is 1. The summed E-state index contributed by atoms with van der Waals surface area (Å²) < 4.78 is 5.71. The number of nitrogens with zero attached hydrogens (tertiary/aromatic N) is 3. The molecule has 2 unspecified atom stereocenters. The van der Waals surface area contributed by atoms with Gasteiger partial charge in [-0.05, 0) is 62.5 Å². The zero-order valence-electron chi connectivity index (χ0n) is 19.0. The van der Waals surface area contributed by atoms with Crippen molar-refractivity contribution in [1.82, 2.24) is 19.7 Å². The number of likely N-dealkylation sites (N-methyl/N-ethyl adjacent to an activating group) is 1. The second-order valence-electron chi connectivity index (χ2n) is 8.86. The summed E-state index contributed by atoms with van der Waals surface area (Å²) in [6, 6.07) is 11.4. The van der Waals surface area contributed by atoms with E-state index < -0.39 is 12.1 Å². The molecule has 5 rings (SSSR count). The Hall–Kier alpha value is -3.52. The highest BCUT2D eigenvalue weighted by atomic mass is 16.5. The minimum Gasteiger partial charge on any atom is -0.508 e. The van der Waals surface area contributed by atoms with Crippen molar-refractivity contribution in [2.24, 2.45) is 0 Å². The molecule has 3 heterocycles. The van der Waals surface area contributed by atoms with E-state index in [1.165, 1.54) is 4.90 Å². The van der Waals surface area contributed by atoms with E-state index in [1.54, 1.807) is 23.1 Å². The largest absolute Gasteiger partial charge is 0.508 e. The molecular formula is C25H28N4O4. The Labute approximate surface area is 192 Å². The summed E-state index contributed by atoms with van der Waals surface area (Å²) >= 11 is 0. The van der Waals surface area contributed by atoms with Crippen molar-refractivity contribution in [2.75, 3.05) is 33.8 Å². The van der Waals surface area contributed by atoms with Crippen molar-refractivity contribution < 1.29 is 19.4 Å². The molecule has 0 radical (unpaired) electrons. The number of phenolic OH excluding ortho intramolecular Hbond substituents is 1. The standard InChI is InChI=1S/C25H28N4O4/c1-4-33-17-8-9-20-18(13-17)19-14-21-24(31)28(11-10-27(2)3)25(32)29(21)23(22(19)26-20)15-6-5-7-16(30)12-15/h5-9,12-13,21,23,26,30H,4,10-11,14H2,1-3H3. The fraction of sp³-hybridized carbons (Fsp3) is 0.360. The predicted octanol–water partition coefficient (Wildman–Crippen LogP) is 3.11. The molecule has 1 aromatic heterocycles. The van der Waals surface area contributed by atoms with Crippen molar-refractivity contribution in [3.8, 4) is 11.5 Å². The van der Waals surface area contributed by atoms with Crippen molar-refractivity contribution in [1.29, 1.82) is 0 Å². The third kappa shape index (κ3) is 3.51. The number of H-pyrrole nitrogens is 1. The van der Waals surface area contributed by atoms with E-state index in [1.807, 2.05) is 50.2 Å². The molecule has 3 amide bonds. The van der Waals surface area contributed by atoms with Crippen LogP contribution in [-0.4, -0.2) is 76.6 Å². The average molecular weight is 449 g/mol. The molecule has 8 nitrogen and oxygen atoms in total. The first kappa shape index (κ1) is 21.3. The summed E-state index contributed by atoms with van der Waals surface area (Å²) in [6.45, 7) is 3.44. The van der Waals surface area contributed by atoms with Gasteiger partial charge in [0, 0.05) is 36.1 Å². The molecule has 172 valence electrons. The van der Waals surface area contributed by atoms with Gasteiger partial charge in [-0.15, -0.1) is 0 Å². The zero-order chi connectivity index (χ0) is 23.3. The SMILES string of the molecule is CCOc1ccc2[nH]c3c(c2c1)CC1C(=O)N(CCN(C)C)C(=O)N1C3c1cccc(O)c1. The molecule has 0 saturated carbocycles. The van der Waals surface area contributed by atoms with E-state index in [0.29, 0.717) is 26.1 Å². The Morgan fingerprint density at radius 2 is 2.00 bits per heavy atom. The number of phenols is 1. The van der Waals surface area contributed by atoms with Crippen LogP contribution in [0, 0.1) is 0 Å². The Balaban J connectivity index is 1.65. The molecule has 0 bridgehead atoms. The normalized spacial score (nSPS) is 20.0. The number of fused-ring (bicyclic) bond motifs is 4. The minimum atomic E-state index is -0.589. The number of aromatic hydroxyl groups is 1. The van der Waals surface area contributed by atoms with Gasteiger partial charge in [0.25, 0.3) is 5.91 Å². The lowest BCUT2D eigenvalue weighted by Crippen LogP contribution is -2.44. The van der Waals surface area contributed by atoms with Crippen LogP contribution < -0.4 is 4.74 Å². The predicted molar refractivity (Wildman–Crippen MR) is 124 cm³/mol. The molecule has 3 aromatic rings. The van der Waals surface area contributed by atoms with Gasteiger partial charge in [-0.3, -0.25) is 14.6 Å². The number of imide groups is 1. The van der Waals surface area contributed by atoms with Crippen molar-refractivity contribution in [2.45, 2.75) is 25.4 Å². The summed E-state index contributed by atoms with van der Waals surface area (Å²) in [6.07, 6.45) is 0.434. The molecule has 8 heteroatoms. The summed E-state index contributed by atoms with van der Waals surface area (Å²) in [5.41, 5.74) is 3.57. The first-order valence-electron chi connectivity index (χ1n) is 11.2. The van der Waals surface area contributed by atoms with E-state index in [0.717, 1.165) is 33.5 Å². The number of ether oxygens (including phenoxy) is 1. The average Bonchev–Trinajstić information content (AvgIpc) is 3.26. The zero-order valence-corrected chi connectivity index (χ0v) is 19.0. The second kappa shape index (κ2) is 8.12. The molecule has 2 atom stereocenters. The first-order valence-corrected chi connectivity index (χ1v) is 11.2. The second-order valence-corrected chi connectivity index (χ2v) is 8.86. The molecule has 0 aliphatic carbocycles. The van der Waals surface area contributed by atoms with Gasteiger partial charge >= 0.3 is 6.03 Å². The highest BCUT2D eigenvalue weighted by Crippen LogP contribution is 2.44. The molecule has 2 aliphatic heterocycles. The lowest BCUT2D eigenvalue weighted by Gasteiger charge is -2.36. The molecule has 2 N–H and O–H groups in total. The lowest BCUT2D eigenvalue weighted by atomic mass is 9.89. The smallest absolute Gasteiger partial charge is 0.328 e. The van der Waals surface area contributed by atoms with Crippen LogP contribution in [0.4, 0.5) is 4.79 Å². The van der Waals surface area contributed by atoms with E-state index >= 15 is 0 Å². The van der Waals surface area contributed by atoms with E-state index in [-0.39, 0.29) is 17.7 Å².